The van der Waals surface area contributed by atoms with Crippen LogP contribution in [-0.4, -0.2) is 4.98 Å². The summed E-state index contributed by atoms with van der Waals surface area (Å²) in [4.78, 5) is 4.51. The van der Waals surface area contributed by atoms with Gasteiger partial charge in [-0.15, -0.1) is 11.3 Å². The summed E-state index contributed by atoms with van der Waals surface area (Å²) >= 11 is 1.70. The van der Waals surface area contributed by atoms with Gasteiger partial charge in [0.1, 0.15) is 0 Å². The fraction of sp³-hybridized carbons (Fsp3) is 0.300. The number of furan rings is 1. The minimum absolute atomic E-state index is 0.505. The van der Waals surface area contributed by atoms with Crippen molar-refractivity contribution in [2.75, 3.05) is 0 Å². The van der Waals surface area contributed by atoms with Gasteiger partial charge in [-0.3, -0.25) is 0 Å². The van der Waals surface area contributed by atoms with Crippen LogP contribution in [0.4, 0.5) is 0 Å². The molecule has 0 fully saturated rings. The molecule has 0 radical (unpaired) electrons. The van der Waals surface area contributed by atoms with Gasteiger partial charge in [-0.25, -0.2) is 4.98 Å². The van der Waals surface area contributed by atoms with E-state index in [4.69, 9.17) is 4.42 Å². The third kappa shape index (κ3) is 1.65. The molecule has 2 nitrogen and oxygen atoms in total. The van der Waals surface area contributed by atoms with E-state index in [1.165, 1.54) is 5.01 Å². The normalized spacial score (nSPS) is 11.0. The Kier molecular flexibility index (Phi) is 2.19. The van der Waals surface area contributed by atoms with Crippen LogP contribution < -0.4 is 0 Å². The Morgan fingerprint density at radius 2 is 2.31 bits per heavy atom. The summed E-state index contributed by atoms with van der Waals surface area (Å²) in [5, 5.41) is 3.25. The van der Waals surface area contributed by atoms with E-state index in [0.717, 1.165) is 11.3 Å². The lowest BCUT2D eigenvalue weighted by Gasteiger charge is -1.95. The molecule has 0 bridgehead atoms. The predicted molar refractivity (Wildman–Crippen MR) is 53.9 cm³/mol. The van der Waals surface area contributed by atoms with Gasteiger partial charge in [0.2, 0.25) is 0 Å². The van der Waals surface area contributed by atoms with Crippen molar-refractivity contribution in [3.63, 3.8) is 0 Å². The van der Waals surface area contributed by atoms with Gasteiger partial charge >= 0.3 is 0 Å². The molecule has 3 heteroatoms. The summed E-state index contributed by atoms with van der Waals surface area (Å²) in [5.41, 5.74) is 2.07. The van der Waals surface area contributed by atoms with Gasteiger partial charge < -0.3 is 4.42 Å². The average molecular weight is 193 g/mol. The summed E-state index contributed by atoms with van der Waals surface area (Å²) in [6.07, 6.45) is 3.39. The molecule has 0 amide bonds. The fourth-order valence-corrected chi connectivity index (χ4v) is 1.94. The lowest BCUT2D eigenvalue weighted by atomic mass is 10.2. The maximum absolute atomic E-state index is 5.00. The first-order valence-corrected chi connectivity index (χ1v) is 5.13. The quantitative estimate of drug-likeness (QED) is 0.729. The van der Waals surface area contributed by atoms with Crippen LogP contribution in [0.1, 0.15) is 24.8 Å². The number of thiazole rings is 1. The molecule has 13 heavy (non-hydrogen) atoms. The molecular weight excluding hydrogens is 182 g/mol. The molecule has 2 aromatic rings. The van der Waals surface area contributed by atoms with Crippen LogP contribution in [0.3, 0.4) is 0 Å². The first-order chi connectivity index (χ1) is 6.27. The predicted octanol–water partition coefficient (Wildman–Crippen LogP) is 3.53. The molecule has 0 aromatic carbocycles. The van der Waals surface area contributed by atoms with E-state index in [0.29, 0.717) is 5.92 Å². The van der Waals surface area contributed by atoms with Gasteiger partial charge in [-0.05, 0) is 6.07 Å². The molecule has 2 heterocycles. The van der Waals surface area contributed by atoms with Crippen LogP contribution in [0.25, 0.3) is 11.3 Å². The first-order valence-electron chi connectivity index (χ1n) is 4.25. The first kappa shape index (κ1) is 8.51. The average Bonchev–Trinajstić information content (AvgIpc) is 2.75. The van der Waals surface area contributed by atoms with Crippen LogP contribution in [0.15, 0.2) is 28.4 Å². The van der Waals surface area contributed by atoms with Crippen LogP contribution in [0.5, 0.6) is 0 Å². The highest BCUT2D eigenvalue weighted by Gasteiger charge is 2.07. The number of rotatable bonds is 2. The largest absolute Gasteiger partial charge is 0.472 e. The molecule has 0 spiro atoms. The Labute approximate surface area is 81.2 Å². The van der Waals surface area contributed by atoms with Crippen molar-refractivity contribution in [2.24, 2.45) is 0 Å². The van der Waals surface area contributed by atoms with Crippen molar-refractivity contribution in [2.45, 2.75) is 19.8 Å². The lowest BCUT2D eigenvalue weighted by molar-refractivity contribution is 0.568. The SMILES string of the molecule is CC(C)c1nc(-c2ccoc2)cs1. The number of hydrogen-bond acceptors (Lipinski definition) is 3. The van der Waals surface area contributed by atoms with Crippen LogP contribution in [0, 0.1) is 0 Å². The molecule has 0 atom stereocenters. The van der Waals surface area contributed by atoms with E-state index in [1.807, 2.05) is 6.07 Å². The molecule has 2 rings (SSSR count). The van der Waals surface area contributed by atoms with E-state index in [1.54, 1.807) is 23.9 Å². The zero-order valence-electron chi connectivity index (χ0n) is 7.65. The van der Waals surface area contributed by atoms with Gasteiger partial charge in [0.05, 0.1) is 23.2 Å². The highest BCUT2D eigenvalue weighted by molar-refractivity contribution is 7.10. The summed E-state index contributed by atoms with van der Waals surface area (Å²) in [7, 11) is 0. The van der Waals surface area contributed by atoms with E-state index in [2.05, 4.69) is 24.2 Å². The Morgan fingerprint density at radius 3 is 2.85 bits per heavy atom. The minimum atomic E-state index is 0.505. The molecule has 0 saturated carbocycles. The topological polar surface area (TPSA) is 26.0 Å². The monoisotopic (exact) mass is 193 g/mol. The lowest BCUT2D eigenvalue weighted by Crippen LogP contribution is -1.84. The highest BCUT2D eigenvalue weighted by Crippen LogP contribution is 2.25. The highest BCUT2D eigenvalue weighted by atomic mass is 32.1. The zero-order chi connectivity index (χ0) is 9.26. The Hall–Kier alpha value is -1.09. The zero-order valence-corrected chi connectivity index (χ0v) is 8.47. The maximum atomic E-state index is 5.00. The van der Waals surface area contributed by atoms with Crippen molar-refractivity contribution < 1.29 is 4.42 Å². The van der Waals surface area contributed by atoms with Gasteiger partial charge in [0, 0.05) is 16.9 Å². The standard InChI is InChI=1S/C10H11NOS/c1-7(2)10-11-9(6-13-10)8-3-4-12-5-8/h3-7H,1-2H3. The van der Waals surface area contributed by atoms with Crippen molar-refractivity contribution in [3.05, 3.63) is 29.0 Å². The van der Waals surface area contributed by atoms with Gasteiger partial charge in [0.15, 0.2) is 0 Å². The summed E-state index contributed by atoms with van der Waals surface area (Å²) < 4.78 is 5.00. The van der Waals surface area contributed by atoms with Gasteiger partial charge in [-0.2, -0.15) is 0 Å². The minimum Gasteiger partial charge on any atom is -0.472 e. The van der Waals surface area contributed by atoms with E-state index in [9.17, 15) is 0 Å². The van der Waals surface area contributed by atoms with Crippen molar-refractivity contribution in [3.8, 4) is 11.3 Å². The van der Waals surface area contributed by atoms with E-state index < -0.39 is 0 Å². The van der Waals surface area contributed by atoms with Crippen molar-refractivity contribution in [1.82, 2.24) is 4.98 Å². The van der Waals surface area contributed by atoms with Crippen LogP contribution in [-0.2, 0) is 0 Å². The summed E-state index contributed by atoms with van der Waals surface area (Å²) in [5.74, 6) is 0.505. The summed E-state index contributed by atoms with van der Waals surface area (Å²) in [6, 6.07) is 1.93. The molecule has 2 aromatic heterocycles. The molecule has 68 valence electrons. The molecule has 0 aliphatic carbocycles. The smallest absolute Gasteiger partial charge is 0.0996 e. The van der Waals surface area contributed by atoms with Gasteiger partial charge in [0.25, 0.3) is 0 Å². The Bertz CT molecular complexity index is 375. The van der Waals surface area contributed by atoms with Crippen LogP contribution >= 0.6 is 11.3 Å². The second-order valence-electron chi connectivity index (χ2n) is 3.24. The number of aromatic nitrogens is 1. The van der Waals surface area contributed by atoms with Crippen LogP contribution in [0.2, 0.25) is 0 Å². The van der Waals surface area contributed by atoms with Gasteiger partial charge in [-0.1, -0.05) is 13.8 Å². The third-order valence-electron chi connectivity index (χ3n) is 1.83. The molecule has 0 aliphatic heterocycles. The van der Waals surface area contributed by atoms with Crippen molar-refractivity contribution >= 4 is 11.3 Å². The molecular formula is C10H11NOS. The second kappa shape index (κ2) is 3.34. The molecule has 0 saturated heterocycles. The summed E-state index contributed by atoms with van der Waals surface area (Å²) in [6.45, 7) is 4.30. The second-order valence-corrected chi connectivity index (χ2v) is 4.13. The third-order valence-corrected chi connectivity index (χ3v) is 2.98. The maximum Gasteiger partial charge on any atom is 0.0996 e. The fourth-order valence-electron chi connectivity index (χ4n) is 1.10. The Balaban J connectivity index is 2.33. The Morgan fingerprint density at radius 1 is 1.46 bits per heavy atom. The number of hydrogen-bond donors (Lipinski definition) is 0. The number of nitrogens with zero attached hydrogens (tertiary/aromatic N) is 1. The van der Waals surface area contributed by atoms with E-state index in [-0.39, 0.29) is 0 Å². The molecule has 0 unspecified atom stereocenters. The van der Waals surface area contributed by atoms with Crippen molar-refractivity contribution in [1.29, 1.82) is 0 Å². The molecule has 0 N–H and O–H groups in total. The van der Waals surface area contributed by atoms with E-state index >= 15 is 0 Å². The molecule has 0 aliphatic rings.